The summed E-state index contributed by atoms with van der Waals surface area (Å²) < 4.78 is 6.09. The van der Waals surface area contributed by atoms with Crippen LogP contribution in [0, 0.1) is 29.6 Å². The zero-order valence-corrected chi connectivity index (χ0v) is 8.94. The third-order valence-corrected chi connectivity index (χ3v) is 5.37. The van der Waals surface area contributed by atoms with Gasteiger partial charge in [-0.3, -0.25) is 0 Å². The molecule has 1 saturated heterocycles. The summed E-state index contributed by atoms with van der Waals surface area (Å²) in [6.07, 6.45) is 6.41. The molecule has 7 atom stereocenters. The normalized spacial score (nSPS) is 63.3. The van der Waals surface area contributed by atoms with E-state index < -0.39 is 0 Å². The Morgan fingerprint density at radius 1 is 1.29 bits per heavy atom. The monoisotopic (exact) mass is 190 g/mol. The molecule has 4 rings (SSSR count). The molecule has 2 saturated carbocycles. The predicted molar refractivity (Wildman–Crippen MR) is 54.8 cm³/mol. The molecule has 76 valence electrons. The van der Waals surface area contributed by atoms with Gasteiger partial charge in [-0.2, -0.15) is 0 Å². The Labute approximate surface area is 85.5 Å². The maximum atomic E-state index is 6.09. The van der Waals surface area contributed by atoms with Gasteiger partial charge in [-0.15, -0.1) is 0 Å². The van der Waals surface area contributed by atoms with Crippen LogP contribution in [0.4, 0.5) is 0 Å². The summed E-state index contributed by atoms with van der Waals surface area (Å²) in [5.74, 6) is 4.77. The summed E-state index contributed by atoms with van der Waals surface area (Å²) in [6.45, 7) is 4.71. The molecule has 2 aliphatic carbocycles. The van der Waals surface area contributed by atoms with E-state index in [4.69, 9.17) is 4.74 Å². The van der Waals surface area contributed by atoms with Gasteiger partial charge in [0.1, 0.15) is 0 Å². The van der Waals surface area contributed by atoms with E-state index in [2.05, 4.69) is 19.9 Å². The van der Waals surface area contributed by atoms with Crippen LogP contribution in [-0.2, 0) is 4.74 Å². The van der Waals surface area contributed by atoms with Crippen molar-refractivity contribution in [3.05, 3.63) is 11.6 Å². The largest absolute Gasteiger partial charge is 0.366 e. The van der Waals surface area contributed by atoms with Crippen molar-refractivity contribution in [2.24, 2.45) is 29.6 Å². The first-order valence-corrected chi connectivity index (χ1v) is 6.09. The Balaban J connectivity index is 1.77. The van der Waals surface area contributed by atoms with E-state index in [1.165, 1.54) is 18.4 Å². The molecule has 0 aromatic rings. The van der Waals surface area contributed by atoms with Crippen LogP contribution in [0.2, 0.25) is 0 Å². The molecule has 0 aromatic carbocycles. The average molecular weight is 190 g/mol. The van der Waals surface area contributed by atoms with Gasteiger partial charge in [-0.05, 0) is 54.9 Å². The van der Waals surface area contributed by atoms with Gasteiger partial charge in [-0.1, -0.05) is 13.0 Å². The fourth-order valence-electron chi connectivity index (χ4n) is 4.96. The maximum absolute atomic E-state index is 6.09. The summed E-state index contributed by atoms with van der Waals surface area (Å²) >= 11 is 0. The second-order valence-electron chi connectivity index (χ2n) is 5.96. The smallest absolute Gasteiger partial charge is 0.0826 e. The Bertz CT molecular complexity index is 319. The van der Waals surface area contributed by atoms with Crippen molar-refractivity contribution in [2.45, 2.75) is 38.9 Å². The molecule has 4 aliphatic rings. The van der Waals surface area contributed by atoms with Crippen LogP contribution in [0.1, 0.15) is 26.7 Å². The van der Waals surface area contributed by atoms with Gasteiger partial charge < -0.3 is 4.74 Å². The highest BCUT2D eigenvalue weighted by molar-refractivity contribution is 5.27. The number of ether oxygens (including phenoxy) is 1. The minimum Gasteiger partial charge on any atom is -0.366 e. The number of hydrogen-bond acceptors (Lipinski definition) is 1. The molecule has 1 heteroatoms. The first-order valence-electron chi connectivity index (χ1n) is 6.09. The first-order chi connectivity index (χ1) is 6.75. The average Bonchev–Trinajstić information content (AvgIpc) is 2.78. The van der Waals surface area contributed by atoms with E-state index in [1.54, 1.807) is 0 Å². The molecule has 1 nitrogen and oxygen atoms in total. The fraction of sp³-hybridized carbons (Fsp3) is 0.846. The Kier molecular flexibility index (Phi) is 1.28. The molecular weight excluding hydrogens is 172 g/mol. The van der Waals surface area contributed by atoms with Crippen molar-refractivity contribution in [3.63, 3.8) is 0 Å². The lowest BCUT2D eigenvalue weighted by molar-refractivity contribution is 0.0835. The van der Waals surface area contributed by atoms with Crippen LogP contribution in [0.15, 0.2) is 11.6 Å². The molecule has 3 fully saturated rings. The highest BCUT2D eigenvalue weighted by Crippen LogP contribution is 2.63. The third-order valence-electron chi connectivity index (χ3n) is 5.37. The Morgan fingerprint density at radius 2 is 2.14 bits per heavy atom. The Hall–Kier alpha value is -0.300. The molecule has 0 aromatic heterocycles. The zero-order chi connectivity index (χ0) is 9.45. The second kappa shape index (κ2) is 2.27. The summed E-state index contributed by atoms with van der Waals surface area (Å²) in [5, 5.41) is 0. The molecule has 0 radical (unpaired) electrons. The lowest BCUT2D eigenvalue weighted by atomic mass is 9.68. The van der Waals surface area contributed by atoms with Crippen LogP contribution >= 0.6 is 0 Å². The lowest BCUT2D eigenvalue weighted by Gasteiger charge is -2.34. The molecule has 14 heavy (non-hydrogen) atoms. The van der Waals surface area contributed by atoms with Gasteiger partial charge >= 0.3 is 0 Å². The van der Waals surface area contributed by atoms with E-state index in [-0.39, 0.29) is 0 Å². The molecule has 0 amide bonds. The van der Waals surface area contributed by atoms with Gasteiger partial charge in [-0.25, -0.2) is 0 Å². The van der Waals surface area contributed by atoms with Crippen LogP contribution in [0.5, 0.6) is 0 Å². The maximum Gasteiger partial charge on any atom is 0.0826 e. The van der Waals surface area contributed by atoms with Crippen molar-refractivity contribution < 1.29 is 4.74 Å². The van der Waals surface area contributed by atoms with Crippen molar-refractivity contribution in [1.29, 1.82) is 0 Å². The SMILES string of the molecule is CC1=CC2OC1C1C3CC(C)C(C3)C21. The fourth-order valence-corrected chi connectivity index (χ4v) is 4.96. The van der Waals surface area contributed by atoms with E-state index in [0.29, 0.717) is 12.2 Å². The van der Waals surface area contributed by atoms with Gasteiger partial charge in [0.05, 0.1) is 12.2 Å². The van der Waals surface area contributed by atoms with E-state index in [9.17, 15) is 0 Å². The minimum absolute atomic E-state index is 0.503. The third kappa shape index (κ3) is 0.701. The first kappa shape index (κ1) is 7.92. The van der Waals surface area contributed by atoms with Gasteiger partial charge in [0.2, 0.25) is 0 Å². The summed E-state index contributed by atoms with van der Waals surface area (Å²) in [5.41, 5.74) is 1.52. The highest BCUT2D eigenvalue weighted by Gasteiger charge is 2.62. The molecule has 2 heterocycles. The minimum atomic E-state index is 0.503. The number of hydrogen-bond donors (Lipinski definition) is 0. The van der Waals surface area contributed by atoms with Gasteiger partial charge in [0, 0.05) is 0 Å². The lowest BCUT2D eigenvalue weighted by Crippen LogP contribution is -2.34. The summed E-state index contributed by atoms with van der Waals surface area (Å²) in [4.78, 5) is 0. The zero-order valence-electron chi connectivity index (χ0n) is 8.94. The van der Waals surface area contributed by atoms with E-state index >= 15 is 0 Å². The van der Waals surface area contributed by atoms with Crippen LogP contribution in [-0.4, -0.2) is 12.2 Å². The summed E-state index contributed by atoms with van der Waals surface area (Å²) in [7, 11) is 0. The van der Waals surface area contributed by atoms with E-state index in [1.807, 2.05) is 0 Å². The van der Waals surface area contributed by atoms with Crippen LogP contribution in [0.25, 0.3) is 0 Å². The predicted octanol–water partition coefficient (Wildman–Crippen LogP) is 2.62. The van der Waals surface area contributed by atoms with Crippen LogP contribution in [0.3, 0.4) is 0 Å². The Morgan fingerprint density at radius 3 is 3.00 bits per heavy atom. The quantitative estimate of drug-likeness (QED) is 0.533. The molecule has 7 unspecified atom stereocenters. The van der Waals surface area contributed by atoms with Gasteiger partial charge in [0.15, 0.2) is 0 Å². The molecule has 2 aliphatic heterocycles. The van der Waals surface area contributed by atoms with E-state index in [0.717, 1.165) is 29.6 Å². The van der Waals surface area contributed by atoms with Crippen molar-refractivity contribution in [1.82, 2.24) is 0 Å². The summed E-state index contributed by atoms with van der Waals surface area (Å²) in [6, 6.07) is 0. The molecule has 0 N–H and O–H groups in total. The van der Waals surface area contributed by atoms with Crippen molar-refractivity contribution in [3.8, 4) is 0 Å². The van der Waals surface area contributed by atoms with Gasteiger partial charge in [0.25, 0.3) is 0 Å². The van der Waals surface area contributed by atoms with Crippen molar-refractivity contribution in [2.75, 3.05) is 0 Å². The molecular formula is C13H18O. The molecule has 0 spiro atoms. The number of fused-ring (bicyclic) bond motifs is 9. The van der Waals surface area contributed by atoms with Crippen molar-refractivity contribution >= 4 is 0 Å². The molecule has 4 bridgehead atoms. The standard InChI is InChI=1S/C13H18O/c1-6-3-8-5-9(6)12-10-4-7(2)13(14-10)11(8)12/h4,6,8-13H,3,5H2,1-2H3. The van der Waals surface area contributed by atoms with Crippen LogP contribution < -0.4 is 0 Å². The second-order valence-corrected chi connectivity index (χ2v) is 5.96. The highest BCUT2D eigenvalue weighted by atomic mass is 16.5. The number of rotatable bonds is 0. The topological polar surface area (TPSA) is 9.23 Å².